The van der Waals surface area contributed by atoms with Crippen molar-refractivity contribution in [2.24, 2.45) is 0 Å². The molecule has 0 bridgehead atoms. The fraction of sp³-hybridized carbons (Fsp3) is 0.500. The van der Waals surface area contributed by atoms with E-state index in [2.05, 4.69) is 20.3 Å². The number of aliphatic hydroxyl groups excluding tert-OH is 2. The summed E-state index contributed by atoms with van der Waals surface area (Å²) in [5.74, 6) is -0.0683. The van der Waals surface area contributed by atoms with Crippen LogP contribution in [0.4, 0.5) is 5.82 Å². The van der Waals surface area contributed by atoms with Crippen LogP contribution in [0.15, 0.2) is 43.0 Å². The van der Waals surface area contributed by atoms with Gasteiger partial charge in [0.15, 0.2) is 23.2 Å². The number of rotatable bonds is 7. The molecule has 0 unspecified atom stereocenters. The zero-order valence-electron chi connectivity index (χ0n) is 19.4. The normalized spacial score (nSPS) is 28.9. The van der Waals surface area contributed by atoms with Crippen molar-refractivity contribution in [3.63, 3.8) is 0 Å². The highest BCUT2D eigenvalue weighted by molar-refractivity contribution is 6.06. The van der Waals surface area contributed by atoms with Gasteiger partial charge in [-0.05, 0) is 25.0 Å². The number of nitrogens with zero attached hydrogens (tertiary/aromatic N) is 4. The van der Waals surface area contributed by atoms with Crippen LogP contribution in [0.1, 0.15) is 42.3 Å². The average Bonchev–Trinajstić information content (AvgIpc) is 3.46. The Labute approximate surface area is 202 Å². The molecule has 35 heavy (non-hydrogen) atoms. The van der Waals surface area contributed by atoms with Crippen molar-refractivity contribution >= 4 is 22.9 Å². The Bertz CT molecular complexity index is 1160. The number of anilines is 1. The predicted octanol–water partition coefficient (Wildman–Crippen LogP) is 1.67. The summed E-state index contributed by atoms with van der Waals surface area (Å²) in [6.45, 7) is -0.365. The molecule has 0 radical (unpaired) electrons. The van der Waals surface area contributed by atoms with Gasteiger partial charge in [0.2, 0.25) is 0 Å². The van der Waals surface area contributed by atoms with Crippen molar-refractivity contribution in [1.29, 1.82) is 0 Å². The summed E-state index contributed by atoms with van der Waals surface area (Å²) >= 11 is 0. The number of imidazole rings is 1. The van der Waals surface area contributed by atoms with Crippen LogP contribution in [0.2, 0.25) is 0 Å². The molecule has 1 aliphatic carbocycles. The topological polar surface area (TPSA) is 141 Å². The van der Waals surface area contributed by atoms with Gasteiger partial charge in [0.1, 0.15) is 24.6 Å². The van der Waals surface area contributed by atoms with Crippen LogP contribution in [-0.2, 0) is 14.2 Å². The number of nitrogens with one attached hydrogen (secondary N) is 1. The third kappa shape index (κ3) is 4.65. The highest BCUT2D eigenvalue weighted by Gasteiger charge is 2.47. The van der Waals surface area contributed by atoms with Gasteiger partial charge in [-0.15, -0.1) is 0 Å². The zero-order valence-corrected chi connectivity index (χ0v) is 19.4. The Balaban J connectivity index is 1.44. The first kappa shape index (κ1) is 23.8. The molecule has 1 saturated heterocycles. The zero-order chi connectivity index (χ0) is 24.4. The molecule has 6 atom stereocenters. The van der Waals surface area contributed by atoms with Crippen LogP contribution in [0.5, 0.6) is 0 Å². The summed E-state index contributed by atoms with van der Waals surface area (Å²) in [4.78, 5) is 25.6. The Kier molecular flexibility index (Phi) is 7.02. The predicted molar refractivity (Wildman–Crippen MR) is 125 cm³/mol. The second-order valence-corrected chi connectivity index (χ2v) is 8.80. The fourth-order valence-electron chi connectivity index (χ4n) is 4.83. The summed E-state index contributed by atoms with van der Waals surface area (Å²) in [6, 6.07) is 8.79. The number of methoxy groups -OCH3 is 1. The third-order valence-corrected chi connectivity index (χ3v) is 6.67. The number of benzene rings is 1. The number of hydrogen-bond acceptors (Lipinski definition) is 9. The lowest BCUT2D eigenvalue weighted by molar-refractivity contribution is -0.149. The molecule has 186 valence electrons. The van der Waals surface area contributed by atoms with E-state index in [0.29, 0.717) is 16.7 Å². The molecular weight excluding hydrogens is 454 g/mol. The molecule has 0 spiro atoms. The molecule has 3 heterocycles. The van der Waals surface area contributed by atoms with E-state index in [1.807, 2.05) is 6.07 Å². The maximum Gasteiger partial charge on any atom is 0.256 e. The van der Waals surface area contributed by atoms with E-state index in [9.17, 15) is 15.0 Å². The van der Waals surface area contributed by atoms with Gasteiger partial charge in [0.05, 0.1) is 25.1 Å². The van der Waals surface area contributed by atoms with E-state index in [-0.39, 0.29) is 30.5 Å². The highest BCUT2D eigenvalue weighted by Crippen LogP contribution is 2.37. The minimum atomic E-state index is -1.05. The molecule has 2 aliphatic rings. The molecular formula is C24H29N5O6. The minimum absolute atomic E-state index is 0.0774. The van der Waals surface area contributed by atoms with Crippen molar-refractivity contribution in [2.45, 2.75) is 62.4 Å². The number of aliphatic hydroxyl groups is 2. The standard InChI is InChI=1S/C24H29N5O6/c1-33-15-9-5-6-10-16(15)34-20-19(31)17(11-30)35-24(20)29-13-27-18-21(25-12-26-22(18)29)28-23(32)14-7-3-2-4-8-14/h2-4,7-8,12-13,15-17,19-20,24,30-31H,5-6,9-11H2,1H3,(H,25,26,28,32)/t15-,16-,17-,19-,20-,24-/m1/s1. The van der Waals surface area contributed by atoms with E-state index < -0.39 is 24.5 Å². The molecule has 1 aliphatic heterocycles. The van der Waals surface area contributed by atoms with Crippen molar-refractivity contribution < 1.29 is 29.2 Å². The number of hydrogen-bond donors (Lipinski definition) is 3. The Hall–Kier alpha value is -2.96. The molecule has 1 saturated carbocycles. The average molecular weight is 484 g/mol. The lowest BCUT2D eigenvalue weighted by atomic mass is 9.94. The van der Waals surface area contributed by atoms with Crippen LogP contribution < -0.4 is 5.32 Å². The number of ether oxygens (including phenoxy) is 3. The summed E-state index contributed by atoms with van der Waals surface area (Å²) < 4.78 is 19.6. The van der Waals surface area contributed by atoms with Gasteiger partial charge in [0.25, 0.3) is 5.91 Å². The first-order chi connectivity index (χ1) is 17.1. The van der Waals surface area contributed by atoms with E-state index in [0.717, 1.165) is 25.7 Å². The number of carbonyl (C=O) groups excluding carboxylic acids is 1. The number of fused-ring (bicyclic) bond motifs is 1. The first-order valence-corrected chi connectivity index (χ1v) is 11.8. The third-order valence-electron chi connectivity index (χ3n) is 6.67. The van der Waals surface area contributed by atoms with Gasteiger partial charge in [-0.1, -0.05) is 31.0 Å². The van der Waals surface area contributed by atoms with Gasteiger partial charge < -0.3 is 29.7 Å². The largest absolute Gasteiger partial charge is 0.394 e. The maximum atomic E-state index is 12.7. The molecule has 3 N–H and O–H groups in total. The van der Waals surface area contributed by atoms with Gasteiger partial charge in [-0.25, -0.2) is 15.0 Å². The molecule has 11 nitrogen and oxygen atoms in total. The van der Waals surface area contributed by atoms with Gasteiger partial charge in [0, 0.05) is 12.7 Å². The van der Waals surface area contributed by atoms with Crippen LogP contribution in [0, 0.1) is 0 Å². The minimum Gasteiger partial charge on any atom is -0.394 e. The summed E-state index contributed by atoms with van der Waals surface area (Å²) in [7, 11) is 1.66. The molecule has 5 rings (SSSR count). The molecule has 3 aromatic rings. The smallest absolute Gasteiger partial charge is 0.256 e. The van der Waals surface area contributed by atoms with Crippen LogP contribution in [-0.4, -0.2) is 79.9 Å². The maximum absolute atomic E-state index is 12.7. The van der Waals surface area contributed by atoms with Crippen molar-refractivity contribution in [3.05, 3.63) is 48.5 Å². The van der Waals surface area contributed by atoms with E-state index in [1.165, 1.54) is 12.7 Å². The first-order valence-electron chi connectivity index (χ1n) is 11.8. The van der Waals surface area contributed by atoms with E-state index in [4.69, 9.17) is 14.2 Å². The Morgan fingerprint density at radius 3 is 2.69 bits per heavy atom. The second-order valence-electron chi connectivity index (χ2n) is 8.80. The SMILES string of the molecule is CO[C@@H]1CCCC[C@H]1O[C@@H]1[C@H](O)[C@@H](CO)O[C@H]1n1cnc2c(NC(=O)c3ccccc3)ncnc21. The molecule has 1 aromatic carbocycles. The number of aromatic nitrogens is 4. The number of amides is 1. The number of carbonyl (C=O) groups is 1. The van der Waals surface area contributed by atoms with Crippen molar-refractivity contribution in [3.8, 4) is 0 Å². The molecule has 1 amide bonds. The van der Waals surface area contributed by atoms with Crippen LogP contribution >= 0.6 is 0 Å². The quantitative estimate of drug-likeness (QED) is 0.458. The Morgan fingerprint density at radius 1 is 1.17 bits per heavy atom. The van der Waals surface area contributed by atoms with Gasteiger partial charge >= 0.3 is 0 Å². The van der Waals surface area contributed by atoms with Crippen LogP contribution in [0.25, 0.3) is 11.2 Å². The van der Waals surface area contributed by atoms with Crippen LogP contribution in [0.3, 0.4) is 0 Å². The Morgan fingerprint density at radius 2 is 1.94 bits per heavy atom. The molecule has 11 heteroatoms. The second kappa shape index (κ2) is 10.3. The lowest BCUT2D eigenvalue weighted by Crippen LogP contribution is -2.43. The van der Waals surface area contributed by atoms with Crippen molar-refractivity contribution in [2.75, 3.05) is 19.0 Å². The summed E-state index contributed by atoms with van der Waals surface area (Å²) in [5.41, 5.74) is 1.26. The monoisotopic (exact) mass is 483 g/mol. The van der Waals surface area contributed by atoms with Crippen molar-refractivity contribution in [1.82, 2.24) is 19.5 Å². The lowest BCUT2D eigenvalue weighted by Gasteiger charge is -2.34. The summed E-state index contributed by atoms with van der Waals surface area (Å²) in [6.07, 6.45) is 2.86. The van der Waals surface area contributed by atoms with Gasteiger partial charge in [-0.3, -0.25) is 9.36 Å². The summed E-state index contributed by atoms with van der Waals surface area (Å²) in [5, 5.41) is 23.5. The van der Waals surface area contributed by atoms with E-state index in [1.54, 1.807) is 35.9 Å². The van der Waals surface area contributed by atoms with E-state index >= 15 is 0 Å². The molecule has 2 aromatic heterocycles. The highest BCUT2D eigenvalue weighted by atomic mass is 16.6. The molecule has 2 fully saturated rings. The van der Waals surface area contributed by atoms with Gasteiger partial charge in [-0.2, -0.15) is 0 Å². The fourth-order valence-corrected chi connectivity index (χ4v) is 4.83.